The van der Waals surface area contributed by atoms with Crippen LogP contribution < -0.4 is 5.11 Å². The van der Waals surface area contributed by atoms with Gasteiger partial charge in [0.1, 0.15) is 5.82 Å². The number of nitrogens with zero attached hydrogens (tertiary/aromatic N) is 3. The number of aryl methyl sites for hydroxylation is 1. The Morgan fingerprint density at radius 2 is 2.24 bits per heavy atom. The second kappa shape index (κ2) is 4.66. The zero-order valence-corrected chi connectivity index (χ0v) is 9.09. The predicted octanol–water partition coefficient (Wildman–Crippen LogP) is 0.242. The van der Waals surface area contributed by atoms with E-state index in [1.165, 1.54) is 0 Å². The quantitative estimate of drug-likeness (QED) is 0.750. The van der Waals surface area contributed by atoms with Gasteiger partial charge in [-0.1, -0.05) is 12.1 Å². The average molecular weight is 228 g/mol. The van der Waals surface area contributed by atoms with Crippen molar-refractivity contribution < 1.29 is 9.90 Å². The summed E-state index contributed by atoms with van der Waals surface area (Å²) in [4.78, 5) is 14.9. The Morgan fingerprint density at radius 1 is 1.47 bits per heavy atom. The Balaban J connectivity index is 2.49. The van der Waals surface area contributed by atoms with Gasteiger partial charge in [0.25, 0.3) is 0 Å². The summed E-state index contributed by atoms with van der Waals surface area (Å²) in [5.41, 5.74) is 1.58. The first-order chi connectivity index (χ1) is 8.22. The Kier molecular flexibility index (Phi) is 3.06. The zero-order chi connectivity index (χ0) is 12.3. The van der Waals surface area contributed by atoms with E-state index in [1.54, 1.807) is 4.57 Å². The topological polar surface area (TPSA) is 81.7 Å². The molecule has 1 aromatic heterocycles. The zero-order valence-electron chi connectivity index (χ0n) is 9.09. The minimum Gasteiger partial charge on any atom is -0.550 e. The molecule has 17 heavy (non-hydrogen) atoms. The van der Waals surface area contributed by atoms with E-state index in [0.717, 1.165) is 11.0 Å². The van der Waals surface area contributed by atoms with Crippen LogP contribution in [0.15, 0.2) is 24.3 Å². The monoisotopic (exact) mass is 228 g/mol. The van der Waals surface area contributed by atoms with E-state index in [1.807, 2.05) is 30.3 Å². The number of fused-ring (bicyclic) bond motifs is 1. The van der Waals surface area contributed by atoms with Crippen LogP contribution in [0.25, 0.3) is 11.0 Å². The van der Waals surface area contributed by atoms with Crippen LogP contribution in [0, 0.1) is 11.3 Å². The lowest BCUT2D eigenvalue weighted by atomic mass is 10.3. The largest absolute Gasteiger partial charge is 0.550 e. The number of rotatable bonds is 4. The van der Waals surface area contributed by atoms with Crippen molar-refractivity contribution in [2.45, 2.75) is 19.4 Å². The molecule has 0 amide bonds. The van der Waals surface area contributed by atoms with Crippen molar-refractivity contribution in [1.29, 1.82) is 5.26 Å². The molecule has 0 spiro atoms. The van der Waals surface area contributed by atoms with E-state index in [9.17, 15) is 9.90 Å². The third-order valence-corrected chi connectivity index (χ3v) is 2.48. The van der Waals surface area contributed by atoms with Gasteiger partial charge in [0, 0.05) is 18.9 Å². The number of carbonyl (C=O) groups excluding carboxylic acids is 1. The first kappa shape index (κ1) is 11.1. The molecule has 0 bridgehead atoms. The number of aliphatic carboxylic acids is 1. The van der Waals surface area contributed by atoms with Gasteiger partial charge in [-0.25, -0.2) is 4.98 Å². The normalized spacial score (nSPS) is 10.3. The van der Waals surface area contributed by atoms with Crippen LogP contribution in [0.2, 0.25) is 0 Å². The summed E-state index contributed by atoms with van der Waals surface area (Å²) >= 11 is 0. The van der Waals surface area contributed by atoms with Crippen LogP contribution in [0.5, 0.6) is 0 Å². The smallest absolute Gasteiger partial charge is 0.115 e. The fourth-order valence-corrected chi connectivity index (χ4v) is 1.80. The van der Waals surface area contributed by atoms with Gasteiger partial charge in [0.15, 0.2) is 0 Å². The van der Waals surface area contributed by atoms with Gasteiger partial charge < -0.3 is 14.5 Å². The minimum absolute atomic E-state index is 0.236. The number of carboxylic acid groups (broad SMARTS) is 1. The molecule has 0 radical (unpaired) electrons. The van der Waals surface area contributed by atoms with Gasteiger partial charge in [-0.05, 0) is 12.1 Å². The van der Waals surface area contributed by atoms with Crippen molar-refractivity contribution in [2.75, 3.05) is 0 Å². The molecule has 0 aliphatic heterocycles. The predicted molar refractivity (Wildman–Crippen MR) is 58.7 cm³/mol. The van der Waals surface area contributed by atoms with Crippen LogP contribution in [0.1, 0.15) is 12.2 Å². The molecule has 0 unspecified atom stereocenters. The van der Waals surface area contributed by atoms with Gasteiger partial charge in [-0.15, -0.1) is 0 Å². The Bertz CT molecular complexity index is 595. The van der Waals surface area contributed by atoms with E-state index in [-0.39, 0.29) is 6.42 Å². The van der Waals surface area contributed by atoms with Gasteiger partial charge in [-0.3, -0.25) is 0 Å². The lowest BCUT2D eigenvalue weighted by Gasteiger charge is -2.07. The first-order valence-electron chi connectivity index (χ1n) is 5.23. The van der Waals surface area contributed by atoms with Gasteiger partial charge in [-0.2, -0.15) is 5.26 Å². The van der Waals surface area contributed by atoms with Crippen molar-refractivity contribution in [3.63, 3.8) is 0 Å². The molecule has 0 atom stereocenters. The van der Waals surface area contributed by atoms with Crippen molar-refractivity contribution in [3.8, 4) is 6.07 Å². The molecule has 1 heterocycles. The number of imidazole rings is 1. The summed E-state index contributed by atoms with van der Waals surface area (Å²) in [5, 5.41) is 19.2. The van der Waals surface area contributed by atoms with Crippen LogP contribution in [0.4, 0.5) is 0 Å². The molecule has 0 saturated carbocycles. The number of hydrogen-bond acceptors (Lipinski definition) is 4. The highest BCUT2D eigenvalue weighted by Gasteiger charge is 2.09. The highest BCUT2D eigenvalue weighted by atomic mass is 16.4. The molecule has 2 rings (SSSR count). The molecule has 0 N–H and O–H groups in total. The van der Waals surface area contributed by atoms with Crippen molar-refractivity contribution in [1.82, 2.24) is 9.55 Å². The number of benzene rings is 1. The highest BCUT2D eigenvalue weighted by Crippen LogP contribution is 2.16. The Hall–Kier alpha value is -2.35. The van der Waals surface area contributed by atoms with Crippen LogP contribution >= 0.6 is 0 Å². The third-order valence-electron chi connectivity index (χ3n) is 2.48. The maximum atomic E-state index is 10.6. The lowest BCUT2D eigenvalue weighted by molar-refractivity contribution is -0.304. The summed E-state index contributed by atoms with van der Waals surface area (Å²) < 4.78 is 1.76. The number of para-hydroxylation sites is 2. The number of carboxylic acids is 1. The fraction of sp³-hybridized carbons (Fsp3) is 0.250. The molecule has 86 valence electrons. The molecule has 5 nitrogen and oxygen atoms in total. The fourth-order valence-electron chi connectivity index (χ4n) is 1.80. The molecular weight excluding hydrogens is 218 g/mol. The van der Waals surface area contributed by atoms with Crippen molar-refractivity contribution >= 4 is 17.0 Å². The summed E-state index contributed by atoms with van der Waals surface area (Å²) in [5.74, 6) is -0.736. The van der Waals surface area contributed by atoms with E-state index < -0.39 is 5.97 Å². The van der Waals surface area contributed by atoms with E-state index in [2.05, 4.69) is 4.98 Å². The molecule has 0 aliphatic carbocycles. The minimum atomic E-state index is -1.17. The van der Waals surface area contributed by atoms with Crippen LogP contribution in [-0.4, -0.2) is 15.5 Å². The molecule has 0 saturated heterocycles. The van der Waals surface area contributed by atoms with Crippen molar-refractivity contribution in [2.24, 2.45) is 0 Å². The number of nitriles is 1. The second-order valence-electron chi connectivity index (χ2n) is 3.63. The van der Waals surface area contributed by atoms with Gasteiger partial charge in [0.2, 0.25) is 0 Å². The molecule has 1 aromatic carbocycles. The summed E-state index contributed by atoms with van der Waals surface area (Å²) in [6.07, 6.45) is 0.0838. The third kappa shape index (κ3) is 2.26. The van der Waals surface area contributed by atoms with E-state index in [4.69, 9.17) is 5.26 Å². The van der Waals surface area contributed by atoms with E-state index in [0.29, 0.717) is 18.8 Å². The Morgan fingerprint density at radius 3 is 2.94 bits per heavy atom. The molecule has 5 heteroatoms. The number of aromatic nitrogens is 2. The maximum absolute atomic E-state index is 10.6. The molecular formula is C12H10N3O2-. The van der Waals surface area contributed by atoms with E-state index >= 15 is 0 Å². The number of hydrogen-bond donors (Lipinski definition) is 0. The summed E-state index contributed by atoms with van der Waals surface area (Å²) in [7, 11) is 0. The molecule has 0 fully saturated rings. The average Bonchev–Trinajstić information content (AvgIpc) is 2.63. The van der Waals surface area contributed by atoms with Gasteiger partial charge in [0.05, 0.1) is 23.5 Å². The molecule has 0 aliphatic rings. The number of carbonyl (C=O) groups is 1. The van der Waals surface area contributed by atoms with Crippen molar-refractivity contribution in [3.05, 3.63) is 30.1 Å². The maximum Gasteiger partial charge on any atom is 0.115 e. The first-order valence-corrected chi connectivity index (χ1v) is 5.23. The Labute approximate surface area is 97.9 Å². The molecule has 2 aromatic rings. The van der Waals surface area contributed by atoms with Crippen LogP contribution in [0.3, 0.4) is 0 Å². The summed E-state index contributed by atoms with van der Waals surface area (Å²) in [6.45, 7) is 0.444. The lowest BCUT2D eigenvalue weighted by Crippen LogP contribution is -2.26. The SMILES string of the molecule is N#CCCn1c(CC(=O)[O-])nc2ccccc21. The van der Waals surface area contributed by atoms with Crippen LogP contribution in [-0.2, 0) is 17.8 Å². The second-order valence-corrected chi connectivity index (χ2v) is 3.63. The summed E-state index contributed by atoms with van der Waals surface area (Å²) in [6, 6.07) is 9.41. The highest BCUT2D eigenvalue weighted by molar-refractivity contribution is 5.77. The van der Waals surface area contributed by atoms with Gasteiger partial charge >= 0.3 is 0 Å². The standard InChI is InChI=1S/C12H11N3O2/c13-6-3-7-15-10-5-2-1-4-9(10)14-11(15)8-12(16)17/h1-2,4-5H,3,7-8H2,(H,16,17)/p-1.